The third kappa shape index (κ3) is 7.01. The van der Waals surface area contributed by atoms with Gasteiger partial charge >= 0.3 is 0 Å². The first-order valence-corrected chi connectivity index (χ1v) is 10.4. The number of carbonyl (C=O) groups is 1. The second-order valence-electron chi connectivity index (χ2n) is 5.36. The molecule has 0 aliphatic carbocycles. The average Bonchev–Trinajstić information content (AvgIpc) is 2.54. The van der Waals surface area contributed by atoms with Gasteiger partial charge in [-0.15, -0.1) is 0 Å². The minimum absolute atomic E-state index is 0.0134. The molecule has 0 aliphatic heterocycles. The lowest BCUT2D eigenvalue weighted by atomic mass is 10.2. The van der Waals surface area contributed by atoms with Crippen molar-refractivity contribution in [2.75, 3.05) is 23.9 Å². The lowest BCUT2D eigenvalue weighted by Gasteiger charge is -2.09. The third-order valence-electron chi connectivity index (χ3n) is 3.16. The van der Waals surface area contributed by atoms with Crippen molar-refractivity contribution in [3.05, 3.63) is 54.1 Å². The van der Waals surface area contributed by atoms with Crippen LogP contribution in [0.4, 0.5) is 14.5 Å². The molecule has 0 radical (unpaired) electrons. The van der Waals surface area contributed by atoms with Gasteiger partial charge in [-0.2, -0.15) is 8.78 Å². The highest BCUT2D eigenvalue weighted by molar-refractivity contribution is 7.99. The number of nitrogens with one attached hydrogen (secondary N) is 1. The monoisotopic (exact) mass is 401 g/mol. The SMILES string of the molecule is CS(=O)(=O)CCOc1cccc(NC(=O)c2ccc(SC(F)F)cc2)c1. The zero-order valence-electron chi connectivity index (χ0n) is 13.8. The van der Waals surface area contributed by atoms with Crippen molar-refractivity contribution in [3.8, 4) is 5.75 Å². The number of hydrogen-bond acceptors (Lipinski definition) is 5. The van der Waals surface area contributed by atoms with Gasteiger partial charge in [-0.1, -0.05) is 17.8 Å². The van der Waals surface area contributed by atoms with Crippen LogP contribution < -0.4 is 10.1 Å². The van der Waals surface area contributed by atoms with Crippen LogP contribution in [0, 0.1) is 0 Å². The summed E-state index contributed by atoms with van der Waals surface area (Å²) in [6.45, 7) is 0.0134. The number of anilines is 1. The van der Waals surface area contributed by atoms with Crippen LogP contribution in [-0.2, 0) is 9.84 Å². The van der Waals surface area contributed by atoms with Crippen molar-refractivity contribution in [2.24, 2.45) is 0 Å². The molecule has 0 heterocycles. The molecule has 0 atom stereocenters. The van der Waals surface area contributed by atoms with Crippen molar-refractivity contribution < 1.29 is 26.7 Å². The number of halogens is 2. The first-order valence-electron chi connectivity index (χ1n) is 7.50. The number of ether oxygens (including phenoxy) is 1. The summed E-state index contributed by atoms with van der Waals surface area (Å²) >= 11 is 0.410. The summed E-state index contributed by atoms with van der Waals surface area (Å²) in [5.41, 5.74) is 0.796. The minimum atomic E-state index is -3.11. The first kappa shape index (κ1) is 20.2. The summed E-state index contributed by atoms with van der Waals surface area (Å²) in [5.74, 6) is -2.59. The van der Waals surface area contributed by atoms with Gasteiger partial charge in [0.05, 0.1) is 5.75 Å². The van der Waals surface area contributed by atoms with Crippen LogP contribution in [0.15, 0.2) is 53.4 Å². The Morgan fingerprint density at radius 3 is 2.50 bits per heavy atom. The number of amides is 1. The van der Waals surface area contributed by atoms with Gasteiger partial charge in [-0.3, -0.25) is 4.79 Å². The van der Waals surface area contributed by atoms with Gasteiger partial charge in [0.2, 0.25) is 0 Å². The maximum absolute atomic E-state index is 12.3. The summed E-state index contributed by atoms with van der Waals surface area (Å²) in [6.07, 6.45) is 1.12. The molecular formula is C17H17F2NO4S2. The lowest BCUT2D eigenvalue weighted by Crippen LogP contribution is -2.13. The van der Waals surface area contributed by atoms with Crippen LogP contribution in [0.5, 0.6) is 5.75 Å². The van der Waals surface area contributed by atoms with E-state index in [0.29, 0.717) is 33.7 Å². The molecule has 2 aromatic carbocycles. The molecule has 5 nitrogen and oxygen atoms in total. The number of sulfone groups is 1. The fourth-order valence-electron chi connectivity index (χ4n) is 1.97. The van der Waals surface area contributed by atoms with E-state index in [0.717, 1.165) is 6.26 Å². The van der Waals surface area contributed by atoms with E-state index in [1.165, 1.54) is 24.3 Å². The van der Waals surface area contributed by atoms with Crippen molar-refractivity contribution in [1.29, 1.82) is 0 Å². The largest absolute Gasteiger partial charge is 0.492 e. The molecule has 2 aromatic rings. The number of rotatable bonds is 8. The van der Waals surface area contributed by atoms with Crippen LogP contribution in [0.25, 0.3) is 0 Å². The van der Waals surface area contributed by atoms with Crippen LogP contribution in [0.2, 0.25) is 0 Å². The molecule has 0 unspecified atom stereocenters. The maximum Gasteiger partial charge on any atom is 0.288 e. The molecule has 0 spiro atoms. The predicted molar refractivity (Wildman–Crippen MR) is 97.9 cm³/mol. The highest BCUT2D eigenvalue weighted by atomic mass is 32.2. The Morgan fingerprint density at radius 1 is 1.19 bits per heavy atom. The zero-order chi connectivity index (χ0) is 19.2. The van der Waals surface area contributed by atoms with E-state index in [1.807, 2.05) is 0 Å². The number of thioether (sulfide) groups is 1. The average molecular weight is 401 g/mol. The molecule has 26 heavy (non-hydrogen) atoms. The number of hydrogen-bond donors (Lipinski definition) is 1. The van der Waals surface area contributed by atoms with Crippen molar-refractivity contribution in [1.82, 2.24) is 0 Å². The Bertz CT molecular complexity index is 855. The standard InChI is InChI=1S/C17H17F2NO4S2/c1-26(22,23)10-9-24-14-4-2-3-13(11-14)20-16(21)12-5-7-15(8-6-12)25-17(18)19/h2-8,11,17H,9-10H2,1H3,(H,20,21). The molecule has 0 saturated carbocycles. The van der Waals surface area contributed by atoms with E-state index < -0.39 is 21.5 Å². The van der Waals surface area contributed by atoms with Crippen molar-refractivity contribution >= 4 is 33.2 Å². The molecule has 0 aromatic heterocycles. The highest BCUT2D eigenvalue weighted by Gasteiger charge is 2.09. The van der Waals surface area contributed by atoms with Crippen LogP contribution >= 0.6 is 11.8 Å². The van der Waals surface area contributed by atoms with E-state index >= 15 is 0 Å². The van der Waals surface area contributed by atoms with Gasteiger partial charge in [0.15, 0.2) is 9.84 Å². The van der Waals surface area contributed by atoms with E-state index in [4.69, 9.17) is 4.74 Å². The molecule has 140 valence electrons. The Balaban J connectivity index is 1.97. The third-order valence-corrected chi connectivity index (χ3v) is 4.79. The van der Waals surface area contributed by atoms with Gasteiger partial charge in [-0.05, 0) is 36.4 Å². The second-order valence-corrected chi connectivity index (χ2v) is 8.69. The molecule has 9 heteroatoms. The summed E-state index contributed by atoms with van der Waals surface area (Å²) in [5, 5.41) is 2.67. The molecule has 2 rings (SSSR count). The van der Waals surface area contributed by atoms with Gasteiger partial charge < -0.3 is 10.1 Å². The van der Waals surface area contributed by atoms with Gasteiger partial charge in [0.1, 0.15) is 12.4 Å². The van der Waals surface area contributed by atoms with Crippen LogP contribution in [-0.4, -0.2) is 38.7 Å². The Hall–Kier alpha value is -2.13. The molecule has 1 amide bonds. The quantitative estimate of drug-likeness (QED) is 0.683. The van der Waals surface area contributed by atoms with Gasteiger partial charge in [0, 0.05) is 28.5 Å². The van der Waals surface area contributed by atoms with Crippen LogP contribution in [0.3, 0.4) is 0 Å². The molecule has 0 saturated heterocycles. The van der Waals surface area contributed by atoms with Crippen LogP contribution in [0.1, 0.15) is 10.4 Å². The molecule has 1 N–H and O–H groups in total. The van der Waals surface area contributed by atoms with Gasteiger partial charge in [-0.25, -0.2) is 8.42 Å². The molecule has 0 fully saturated rings. The fraction of sp³-hybridized carbons (Fsp3) is 0.235. The molecule has 0 aliphatic rings. The Labute approximate surface area is 154 Å². The molecular weight excluding hydrogens is 384 g/mol. The van der Waals surface area contributed by atoms with Crippen molar-refractivity contribution in [3.63, 3.8) is 0 Å². The van der Waals surface area contributed by atoms with Gasteiger partial charge in [0.25, 0.3) is 11.7 Å². The summed E-state index contributed by atoms with van der Waals surface area (Å²) in [4.78, 5) is 12.6. The summed E-state index contributed by atoms with van der Waals surface area (Å²) in [7, 11) is -3.11. The minimum Gasteiger partial charge on any atom is -0.492 e. The smallest absolute Gasteiger partial charge is 0.288 e. The fourth-order valence-corrected chi connectivity index (χ4v) is 2.85. The second kappa shape index (κ2) is 9.00. The van der Waals surface area contributed by atoms with E-state index in [1.54, 1.807) is 24.3 Å². The maximum atomic E-state index is 12.3. The first-order chi connectivity index (χ1) is 12.2. The Morgan fingerprint density at radius 2 is 1.88 bits per heavy atom. The van der Waals surface area contributed by atoms with E-state index in [-0.39, 0.29) is 12.4 Å². The zero-order valence-corrected chi connectivity index (χ0v) is 15.4. The van der Waals surface area contributed by atoms with Crippen molar-refractivity contribution in [2.45, 2.75) is 10.7 Å². The number of alkyl halides is 2. The number of carbonyl (C=O) groups excluding carboxylic acids is 1. The predicted octanol–water partition coefficient (Wildman–Crippen LogP) is 3.68. The van der Waals surface area contributed by atoms with E-state index in [9.17, 15) is 22.0 Å². The topological polar surface area (TPSA) is 72.5 Å². The lowest BCUT2D eigenvalue weighted by molar-refractivity contribution is 0.102. The summed E-state index contributed by atoms with van der Waals surface area (Å²) < 4.78 is 52.1. The number of benzene rings is 2. The Kier molecular flexibility index (Phi) is 6.98. The normalized spacial score (nSPS) is 11.4. The highest BCUT2D eigenvalue weighted by Crippen LogP contribution is 2.25. The summed E-state index contributed by atoms with van der Waals surface area (Å²) in [6, 6.07) is 12.4. The molecule has 0 bridgehead atoms. The van der Waals surface area contributed by atoms with E-state index in [2.05, 4.69) is 5.32 Å².